The van der Waals surface area contributed by atoms with Gasteiger partial charge in [0.2, 0.25) is 0 Å². The quantitative estimate of drug-likeness (QED) is 0.428. The van der Waals surface area contributed by atoms with Gasteiger partial charge in [-0.3, -0.25) is 4.79 Å². The van der Waals surface area contributed by atoms with Crippen molar-refractivity contribution in [2.75, 3.05) is 0 Å². The number of rotatable bonds is 5. The van der Waals surface area contributed by atoms with Crippen LogP contribution in [0.5, 0.6) is 0 Å². The van der Waals surface area contributed by atoms with Crippen LogP contribution < -0.4 is 5.32 Å². The van der Waals surface area contributed by atoms with E-state index in [0.29, 0.717) is 4.60 Å². The van der Waals surface area contributed by atoms with Crippen molar-refractivity contribution in [2.24, 2.45) is 5.92 Å². The number of alkyl carbamates (subject to hydrolysis) is 1. The molecule has 1 aromatic heterocycles. The Kier molecular flexibility index (Phi) is 6.29. The first kappa shape index (κ1) is 21.7. The zero-order valence-corrected chi connectivity index (χ0v) is 18.6. The van der Waals surface area contributed by atoms with Crippen LogP contribution >= 0.6 is 27.5 Å². The molecule has 1 fully saturated rings. The molecule has 2 aromatic rings. The molecule has 1 aliphatic rings. The lowest BCUT2D eigenvalue weighted by molar-refractivity contribution is 0.0496. The zero-order valence-electron chi connectivity index (χ0n) is 16.3. The number of hydrogen-bond acceptors (Lipinski definition) is 4. The molecule has 1 atom stereocenters. The molecule has 1 saturated carbocycles. The van der Waals surface area contributed by atoms with Crippen molar-refractivity contribution in [2.45, 2.75) is 45.3 Å². The lowest BCUT2D eigenvalue weighted by Gasteiger charge is -2.24. The third-order valence-corrected chi connectivity index (χ3v) is 5.22. The van der Waals surface area contributed by atoms with Gasteiger partial charge in [0.15, 0.2) is 5.78 Å². The molecule has 0 bridgehead atoms. The van der Waals surface area contributed by atoms with Crippen LogP contribution in [0.15, 0.2) is 35.1 Å². The third-order valence-electron chi connectivity index (χ3n) is 4.44. The summed E-state index contributed by atoms with van der Waals surface area (Å²) in [7, 11) is 0. The molecule has 5 nitrogen and oxygen atoms in total. The Balaban J connectivity index is 1.94. The van der Waals surface area contributed by atoms with E-state index >= 15 is 4.39 Å². The summed E-state index contributed by atoms with van der Waals surface area (Å²) in [4.78, 5) is 29.2. The van der Waals surface area contributed by atoms with Gasteiger partial charge in [0.05, 0.1) is 16.6 Å². The standard InChI is InChI=1S/C21H21BrClFN2O3/c1-21(2,3)29-20(28)26-18(11-4-5-11)13-7-8-14(23)16(17(13)24)19(27)12-6-9-15(22)25-10-12/h6-11,18H,4-5H2,1-3H3,(H,26,28). The second-order valence-electron chi connectivity index (χ2n) is 7.99. The van der Waals surface area contributed by atoms with Crippen molar-refractivity contribution in [3.05, 3.63) is 62.6 Å². The van der Waals surface area contributed by atoms with Crippen molar-refractivity contribution >= 4 is 39.4 Å². The maximum absolute atomic E-state index is 15.4. The predicted molar refractivity (Wildman–Crippen MR) is 112 cm³/mol. The molecule has 154 valence electrons. The number of pyridine rings is 1. The Morgan fingerprint density at radius 1 is 1.28 bits per heavy atom. The Labute approximate surface area is 182 Å². The largest absolute Gasteiger partial charge is 0.444 e. The van der Waals surface area contributed by atoms with Crippen LogP contribution in [-0.2, 0) is 4.74 Å². The fourth-order valence-corrected chi connectivity index (χ4v) is 3.45. The Bertz CT molecular complexity index is 940. The van der Waals surface area contributed by atoms with Crippen LogP contribution in [0.1, 0.15) is 61.1 Å². The van der Waals surface area contributed by atoms with E-state index in [1.165, 1.54) is 18.3 Å². The van der Waals surface area contributed by atoms with Crippen LogP contribution in [-0.4, -0.2) is 22.5 Å². The number of carbonyl (C=O) groups excluding carboxylic acids is 2. The average molecular weight is 484 g/mol. The first-order valence-electron chi connectivity index (χ1n) is 9.20. The van der Waals surface area contributed by atoms with Crippen molar-refractivity contribution in [3.63, 3.8) is 0 Å². The van der Waals surface area contributed by atoms with Gasteiger partial charge in [-0.25, -0.2) is 14.2 Å². The first-order chi connectivity index (χ1) is 13.6. The Hall–Kier alpha value is -1.99. The molecule has 0 radical (unpaired) electrons. The summed E-state index contributed by atoms with van der Waals surface area (Å²) in [5.74, 6) is -1.23. The minimum atomic E-state index is -0.738. The summed E-state index contributed by atoms with van der Waals surface area (Å²) >= 11 is 9.37. The second kappa shape index (κ2) is 8.40. The van der Waals surface area contributed by atoms with E-state index in [-0.39, 0.29) is 27.6 Å². The van der Waals surface area contributed by atoms with E-state index in [1.807, 2.05) is 0 Å². The number of hydrogen-bond donors (Lipinski definition) is 1. The van der Waals surface area contributed by atoms with Crippen molar-refractivity contribution in [3.8, 4) is 0 Å². The van der Waals surface area contributed by atoms with Crippen molar-refractivity contribution < 1.29 is 18.7 Å². The number of nitrogens with one attached hydrogen (secondary N) is 1. The van der Waals surface area contributed by atoms with Crippen LogP contribution in [0.25, 0.3) is 0 Å². The fourth-order valence-electron chi connectivity index (χ4n) is 2.99. The van der Waals surface area contributed by atoms with E-state index < -0.39 is 29.3 Å². The molecule has 1 N–H and O–H groups in total. The van der Waals surface area contributed by atoms with Crippen molar-refractivity contribution in [1.82, 2.24) is 10.3 Å². The summed E-state index contributed by atoms with van der Waals surface area (Å²) in [6, 6.07) is 5.52. The lowest BCUT2D eigenvalue weighted by atomic mass is 9.95. The van der Waals surface area contributed by atoms with Gasteiger partial charge in [-0.1, -0.05) is 17.7 Å². The number of amides is 1. The van der Waals surface area contributed by atoms with Crippen LogP contribution in [0.4, 0.5) is 9.18 Å². The SMILES string of the molecule is CC(C)(C)OC(=O)NC(c1ccc(Cl)c(C(=O)c2ccc(Br)nc2)c1F)C1CC1. The number of benzene rings is 1. The molecular weight excluding hydrogens is 463 g/mol. The highest BCUT2D eigenvalue weighted by Crippen LogP contribution is 2.43. The molecule has 1 aromatic carbocycles. The second-order valence-corrected chi connectivity index (χ2v) is 9.21. The van der Waals surface area contributed by atoms with Crippen LogP contribution in [0.2, 0.25) is 5.02 Å². The molecule has 1 heterocycles. The van der Waals surface area contributed by atoms with E-state index in [2.05, 4.69) is 26.2 Å². The highest BCUT2D eigenvalue weighted by Gasteiger charge is 2.37. The normalized spacial score (nSPS) is 15.0. The molecule has 1 amide bonds. The molecule has 1 aliphatic carbocycles. The highest BCUT2D eigenvalue weighted by atomic mass is 79.9. The molecular formula is C21H21BrClFN2O3. The van der Waals surface area contributed by atoms with E-state index in [9.17, 15) is 9.59 Å². The molecule has 1 unspecified atom stereocenters. The average Bonchev–Trinajstić information content (AvgIpc) is 3.44. The fraction of sp³-hybridized carbons (Fsp3) is 0.381. The molecule has 0 aliphatic heterocycles. The number of ketones is 1. The van der Waals surface area contributed by atoms with Gasteiger partial charge in [0, 0.05) is 17.3 Å². The number of ether oxygens (including phenoxy) is 1. The maximum Gasteiger partial charge on any atom is 0.408 e. The van der Waals surface area contributed by atoms with E-state index in [0.717, 1.165) is 12.8 Å². The summed E-state index contributed by atoms with van der Waals surface area (Å²) in [6.07, 6.45) is 2.42. The summed E-state index contributed by atoms with van der Waals surface area (Å²) in [5.41, 5.74) is -0.470. The minimum Gasteiger partial charge on any atom is -0.444 e. The van der Waals surface area contributed by atoms with Gasteiger partial charge >= 0.3 is 6.09 Å². The molecule has 0 spiro atoms. The van der Waals surface area contributed by atoms with Gasteiger partial charge in [0.1, 0.15) is 16.0 Å². The molecule has 3 rings (SSSR count). The smallest absolute Gasteiger partial charge is 0.408 e. The van der Waals surface area contributed by atoms with Gasteiger partial charge < -0.3 is 10.1 Å². The summed E-state index contributed by atoms with van der Waals surface area (Å²) in [6.45, 7) is 5.26. The number of carbonyl (C=O) groups is 2. The summed E-state index contributed by atoms with van der Waals surface area (Å²) in [5, 5.41) is 2.76. The summed E-state index contributed by atoms with van der Waals surface area (Å²) < 4.78 is 21.3. The van der Waals surface area contributed by atoms with Gasteiger partial charge in [-0.05, 0) is 73.7 Å². The lowest BCUT2D eigenvalue weighted by Crippen LogP contribution is -2.36. The molecule has 8 heteroatoms. The van der Waals surface area contributed by atoms with E-state index in [4.69, 9.17) is 16.3 Å². The Morgan fingerprint density at radius 2 is 1.97 bits per heavy atom. The number of nitrogens with zero attached hydrogens (tertiary/aromatic N) is 1. The first-order valence-corrected chi connectivity index (χ1v) is 10.4. The highest BCUT2D eigenvalue weighted by molar-refractivity contribution is 9.10. The molecule has 0 saturated heterocycles. The number of aromatic nitrogens is 1. The van der Waals surface area contributed by atoms with Gasteiger partial charge in [0.25, 0.3) is 0 Å². The Morgan fingerprint density at radius 3 is 2.52 bits per heavy atom. The van der Waals surface area contributed by atoms with Gasteiger partial charge in [-0.15, -0.1) is 0 Å². The van der Waals surface area contributed by atoms with Crippen LogP contribution in [0.3, 0.4) is 0 Å². The van der Waals surface area contributed by atoms with Crippen LogP contribution in [0, 0.1) is 11.7 Å². The third kappa shape index (κ3) is 5.34. The monoisotopic (exact) mass is 482 g/mol. The minimum absolute atomic E-state index is 0.00554. The molecule has 29 heavy (non-hydrogen) atoms. The van der Waals surface area contributed by atoms with E-state index in [1.54, 1.807) is 32.9 Å². The maximum atomic E-state index is 15.4. The van der Waals surface area contributed by atoms with Crippen molar-refractivity contribution in [1.29, 1.82) is 0 Å². The van der Waals surface area contributed by atoms with Gasteiger partial charge in [-0.2, -0.15) is 0 Å². The predicted octanol–water partition coefficient (Wildman–Crippen LogP) is 5.84. The zero-order chi connectivity index (χ0) is 21.3. The number of halogens is 3. The topological polar surface area (TPSA) is 68.3 Å².